The molecule has 2 aromatic rings. The van der Waals surface area contributed by atoms with E-state index in [4.69, 9.17) is 9.47 Å². The number of amides is 2. The molecular formula is C25H35BrN3O4+. The van der Waals surface area contributed by atoms with E-state index in [9.17, 15) is 9.59 Å². The number of ether oxygens (including phenoxy) is 2. The van der Waals surface area contributed by atoms with E-state index in [2.05, 4.69) is 46.1 Å². The van der Waals surface area contributed by atoms with E-state index in [1.165, 1.54) is 4.90 Å². The molecule has 0 aromatic heterocycles. The molecule has 2 N–H and O–H groups in total. The molecule has 0 unspecified atom stereocenters. The molecule has 2 aromatic carbocycles. The van der Waals surface area contributed by atoms with Crippen molar-refractivity contribution < 1.29 is 24.4 Å². The smallest absolute Gasteiger partial charge is 0.261 e. The fourth-order valence-corrected chi connectivity index (χ4v) is 4.20. The largest absolute Gasteiger partial charge is 0.489 e. The minimum Gasteiger partial charge on any atom is -0.489 e. The van der Waals surface area contributed by atoms with Crippen LogP contribution in [0.25, 0.3) is 0 Å². The van der Waals surface area contributed by atoms with Crippen molar-refractivity contribution in [2.24, 2.45) is 0 Å². The number of hydrogen-bond acceptors (Lipinski definition) is 5. The summed E-state index contributed by atoms with van der Waals surface area (Å²) < 4.78 is 12.1. The van der Waals surface area contributed by atoms with Gasteiger partial charge in [0, 0.05) is 37.3 Å². The van der Waals surface area contributed by atoms with Crippen LogP contribution in [0, 0.1) is 0 Å². The van der Waals surface area contributed by atoms with Crippen LogP contribution in [0.15, 0.2) is 40.9 Å². The maximum Gasteiger partial charge on any atom is 0.261 e. The van der Waals surface area contributed by atoms with Crippen molar-refractivity contribution >= 4 is 39.1 Å². The average Bonchev–Trinajstić information content (AvgIpc) is 3.07. The molecule has 7 nitrogen and oxygen atoms in total. The van der Waals surface area contributed by atoms with E-state index in [-0.39, 0.29) is 11.8 Å². The number of imide groups is 1. The fraction of sp³-hybridized carbons (Fsp3) is 0.440. The standard InChI is InChI=1S/C23H28BrN3O4.C2H6/c1-4-25-19-14-16(24)15-20(31-13-12-30-3)21(19)26(5-2)10-11-27-22(28)17-8-6-7-9-18(17)23(27)29;1-2/h6-9,14-15,25H,4-5,10-13H2,1-3H3;1-2H3/p+1. The van der Waals surface area contributed by atoms with Crippen molar-refractivity contribution in [2.45, 2.75) is 27.7 Å². The van der Waals surface area contributed by atoms with Gasteiger partial charge >= 0.3 is 0 Å². The number of nitrogens with zero attached hydrogens (tertiary/aromatic N) is 2. The van der Waals surface area contributed by atoms with Gasteiger partial charge < -0.3 is 19.7 Å². The normalized spacial score (nSPS) is 12.4. The van der Waals surface area contributed by atoms with Gasteiger partial charge in [-0.25, -0.2) is 0 Å². The van der Waals surface area contributed by atoms with Crippen molar-refractivity contribution in [1.29, 1.82) is 0 Å². The Balaban J connectivity index is 0.00000187. The Morgan fingerprint density at radius 2 is 1.67 bits per heavy atom. The van der Waals surface area contributed by atoms with Crippen molar-refractivity contribution in [1.82, 2.24) is 4.90 Å². The number of quaternary nitrogens is 1. The lowest BCUT2D eigenvalue weighted by Gasteiger charge is -2.28. The summed E-state index contributed by atoms with van der Waals surface area (Å²) in [5.74, 6) is 0.282. The van der Waals surface area contributed by atoms with E-state index in [1.807, 2.05) is 19.9 Å². The lowest BCUT2D eigenvalue weighted by Crippen LogP contribution is -2.77. The highest BCUT2D eigenvalue weighted by Gasteiger charge is 2.35. The van der Waals surface area contributed by atoms with Gasteiger partial charge in [-0.3, -0.25) is 14.5 Å². The molecule has 1 heterocycles. The molecule has 0 radical (unpaired) electrons. The predicted molar refractivity (Wildman–Crippen MR) is 135 cm³/mol. The first-order valence-corrected chi connectivity index (χ1v) is 12.3. The minimum atomic E-state index is -0.232. The molecule has 0 fully saturated rings. The summed E-state index contributed by atoms with van der Waals surface area (Å²) in [6, 6.07) is 11.0. The third-order valence-corrected chi connectivity index (χ3v) is 5.67. The zero-order chi connectivity index (χ0) is 24.4. The van der Waals surface area contributed by atoms with Crippen molar-refractivity contribution in [3.05, 3.63) is 52.0 Å². The fourth-order valence-electron chi connectivity index (χ4n) is 3.74. The Labute approximate surface area is 205 Å². The van der Waals surface area contributed by atoms with E-state index in [1.54, 1.807) is 31.4 Å². The van der Waals surface area contributed by atoms with Crippen LogP contribution in [-0.2, 0) is 4.74 Å². The average molecular weight is 521 g/mol. The monoisotopic (exact) mass is 520 g/mol. The number of fused-ring (bicyclic) bond motifs is 1. The summed E-state index contributed by atoms with van der Waals surface area (Å²) in [7, 11) is 1.64. The summed E-state index contributed by atoms with van der Waals surface area (Å²) in [6.07, 6.45) is 0. The number of nitrogens with two attached hydrogens (primary N) is 1. The Hall–Kier alpha value is -2.42. The molecule has 3 rings (SSSR count). The van der Waals surface area contributed by atoms with Gasteiger partial charge in [0.25, 0.3) is 11.8 Å². The van der Waals surface area contributed by atoms with Crippen LogP contribution in [0.2, 0.25) is 0 Å². The first-order chi connectivity index (χ1) is 16.0. The highest BCUT2D eigenvalue weighted by atomic mass is 79.9. The number of hydrogen-bond donors (Lipinski definition) is 1. The molecule has 1 aliphatic heterocycles. The molecule has 0 saturated carbocycles. The highest BCUT2D eigenvalue weighted by Crippen LogP contribution is 2.37. The van der Waals surface area contributed by atoms with Crippen LogP contribution in [-0.4, -0.2) is 63.2 Å². The molecule has 0 saturated heterocycles. The minimum absolute atomic E-state index is 0.232. The zero-order valence-electron chi connectivity index (χ0n) is 20.2. The lowest BCUT2D eigenvalue weighted by molar-refractivity contribution is -0.567. The second-order valence-electron chi connectivity index (χ2n) is 7.18. The van der Waals surface area contributed by atoms with Gasteiger partial charge in [0.05, 0.1) is 24.3 Å². The second kappa shape index (κ2) is 13.3. The van der Waals surface area contributed by atoms with Crippen LogP contribution < -0.4 is 15.0 Å². The summed E-state index contributed by atoms with van der Waals surface area (Å²) >= 11 is 3.58. The second-order valence-corrected chi connectivity index (χ2v) is 8.10. The summed E-state index contributed by atoms with van der Waals surface area (Å²) in [4.78, 5) is 29.0. The lowest BCUT2D eigenvalue weighted by atomic mass is 10.1. The van der Waals surface area contributed by atoms with E-state index < -0.39 is 0 Å². The Morgan fingerprint density at radius 3 is 2.21 bits per heavy atom. The maximum atomic E-state index is 12.7. The summed E-state index contributed by atoms with van der Waals surface area (Å²) in [5, 5.41) is 2.15. The number of carbonyl (C=O) groups is 2. The van der Waals surface area contributed by atoms with Crippen LogP contribution >= 0.6 is 15.9 Å². The van der Waals surface area contributed by atoms with Crippen molar-refractivity contribution in [2.75, 3.05) is 51.4 Å². The molecular weight excluding hydrogens is 486 g/mol. The quantitative estimate of drug-likeness (QED) is 0.276. The van der Waals surface area contributed by atoms with Gasteiger partial charge in [0.2, 0.25) is 0 Å². The summed E-state index contributed by atoms with van der Waals surface area (Å²) in [6.45, 7) is 11.5. The van der Waals surface area contributed by atoms with Gasteiger partial charge in [-0.1, -0.05) is 41.9 Å². The van der Waals surface area contributed by atoms with Gasteiger partial charge in [-0.2, -0.15) is 0 Å². The molecule has 33 heavy (non-hydrogen) atoms. The molecule has 8 heteroatoms. The van der Waals surface area contributed by atoms with E-state index in [0.717, 1.165) is 28.1 Å². The molecule has 0 bridgehead atoms. The Morgan fingerprint density at radius 1 is 1.03 bits per heavy atom. The third-order valence-electron chi connectivity index (χ3n) is 5.21. The Bertz CT molecular complexity index is 916. The van der Waals surface area contributed by atoms with Crippen LogP contribution in [0.5, 0.6) is 5.75 Å². The molecule has 1 aliphatic rings. The van der Waals surface area contributed by atoms with Crippen molar-refractivity contribution in [3.8, 4) is 5.75 Å². The molecule has 180 valence electrons. The van der Waals surface area contributed by atoms with Gasteiger partial charge in [0.1, 0.15) is 18.0 Å². The van der Waals surface area contributed by atoms with Gasteiger partial charge in [-0.05, 0) is 32.0 Å². The molecule has 0 atom stereocenters. The predicted octanol–water partition coefficient (Wildman–Crippen LogP) is 3.84. The Kier molecular flexibility index (Phi) is 10.8. The number of methoxy groups -OCH3 is 1. The van der Waals surface area contributed by atoms with Gasteiger partial charge in [0.15, 0.2) is 5.69 Å². The zero-order valence-corrected chi connectivity index (χ0v) is 21.8. The highest BCUT2D eigenvalue weighted by molar-refractivity contribution is 9.10. The van der Waals surface area contributed by atoms with Crippen LogP contribution in [0.1, 0.15) is 48.4 Å². The van der Waals surface area contributed by atoms with Crippen molar-refractivity contribution in [3.63, 3.8) is 0 Å². The maximum absolute atomic E-state index is 12.7. The first kappa shape index (κ1) is 26.8. The summed E-state index contributed by atoms with van der Waals surface area (Å²) in [5.41, 5.74) is 2.96. The topological polar surface area (TPSA) is 75.7 Å². The number of anilines is 1. The third kappa shape index (κ3) is 6.34. The number of halogens is 1. The number of carbonyl (C=O) groups excluding carboxylic acids is 2. The van der Waals surface area contributed by atoms with Crippen LogP contribution in [0.4, 0.5) is 11.4 Å². The molecule has 2 amide bonds. The van der Waals surface area contributed by atoms with E-state index in [0.29, 0.717) is 44.0 Å². The molecule has 0 spiro atoms. The van der Waals surface area contributed by atoms with Crippen LogP contribution in [0.3, 0.4) is 0 Å². The van der Waals surface area contributed by atoms with E-state index >= 15 is 0 Å². The number of rotatable bonds is 11. The van der Waals surface area contributed by atoms with Gasteiger partial charge in [-0.15, -0.1) is 0 Å². The number of likely N-dealkylation sites (N-methyl/N-ethyl adjacent to an activating group) is 1. The first-order valence-electron chi connectivity index (χ1n) is 11.5. The SMILES string of the molecule is CC.CC[NH2+]c1cc(Br)cc(OCCOC)c1N(CC)CCN1C(=O)c2ccccc2C1=O. The molecule has 0 aliphatic carbocycles. The number of benzene rings is 2.